The van der Waals surface area contributed by atoms with E-state index < -0.39 is 21.5 Å². The normalized spacial score (nSPS) is 19.2. The number of carbonyl (C=O) groups is 1. The Kier molecular flexibility index (Phi) is 6.71. The van der Waals surface area contributed by atoms with Gasteiger partial charge in [0, 0.05) is 17.0 Å². The Morgan fingerprint density at radius 2 is 1.96 bits per heavy atom. The van der Waals surface area contributed by atoms with Gasteiger partial charge in [-0.25, -0.2) is 0 Å². The van der Waals surface area contributed by atoms with Crippen molar-refractivity contribution in [1.29, 1.82) is 0 Å². The minimum atomic E-state index is -4.00. The first-order valence-electron chi connectivity index (χ1n) is 8.44. The van der Waals surface area contributed by atoms with Crippen LogP contribution >= 0.6 is 11.3 Å². The predicted octanol–water partition coefficient (Wildman–Crippen LogP) is 0.424. The smallest absolute Gasteiger partial charge is 0.309 e. The Balaban J connectivity index is 0.00000261. The number of aliphatic carboxylic acids is 1. The van der Waals surface area contributed by atoms with E-state index in [1.54, 1.807) is 11.3 Å². The van der Waals surface area contributed by atoms with Gasteiger partial charge in [-0.3, -0.25) is 9.35 Å². The predicted molar refractivity (Wildman–Crippen MR) is 103 cm³/mol. The number of halogens is 1. The lowest BCUT2D eigenvalue weighted by Crippen LogP contribution is -3.00. The van der Waals surface area contributed by atoms with E-state index in [1.807, 2.05) is 25.1 Å². The molecular formula is C18H22INO5S2. The van der Waals surface area contributed by atoms with Crippen LogP contribution in [0, 0.1) is 0 Å². The minimum absolute atomic E-state index is 0. The van der Waals surface area contributed by atoms with Gasteiger partial charge in [-0.1, -0.05) is 29.5 Å². The quantitative estimate of drug-likeness (QED) is 0.312. The highest BCUT2D eigenvalue weighted by Gasteiger charge is 2.48. The Morgan fingerprint density at radius 1 is 1.30 bits per heavy atom. The van der Waals surface area contributed by atoms with Gasteiger partial charge in [0.1, 0.15) is 6.42 Å². The van der Waals surface area contributed by atoms with Crippen LogP contribution in [0.1, 0.15) is 38.7 Å². The fourth-order valence-electron chi connectivity index (χ4n) is 3.78. The summed E-state index contributed by atoms with van der Waals surface area (Å²) in [6.45, 7) is 4.44. The van der Waals surface area contributed by atoms with E-state index in [4.69, 9.17) is 9.66 Å². The van der Waals surface area contributed by atoms with Gasteiger partial charge in [0.15, 0.2) is 12.3 Å². The van der Waals surface area contributed by atoms with Crippen LogP contribution < -0.4 is 24.0 Å². The van der Waals surface area contributed by atoms with E-state index in [0.717, 1.165) is 26.4 Å². The van der Waals surface area contributed by atoms with Crippen LogP contribution in [0.3, 0.4) is 0 Å². The van der Waals surface area contributed by atoms with E-state index in [1.165, 1.54) is 0 Å². The fourth-order valence-corrected chi connectivity index (χ4v) is 5.70. The molecule has 1 atom stereocenters. The molecule has 2 aromatic rings. The van der Waals surface area contributed by atoms with Gasteiger partial charge in [-0.2, -0.15) is 13.0 Å². The van der Waals surface area contributed by atoms with Crippen molar-refractivity contribution in [3.8, 4) is 0 Å². The lowest BCUT2D eigenvalue weighted by Gasteiger charge is -2.22. The number of carboxylic acids is 1. The summed E-state index contributed by atoms with van der Waals surface area (Å²) in [5, 5.41) is 11.2. The fraction of sp³-hybridized carbons (Fsp3) is 0.444. The minimum Gasteiger partial charge on any atom is -1.00 e. The molecular weight excluding hydrogens is 501 g/mol. The molecule has 1 aliphatic heterocycles. The molecule has 148 valence electrons. The summed E-state index contributed by atoms with van der Waals surface area (Å²) in [4.78, 5) is 11.1. The number of rotatable bonds is 7. The molecule has 1 aromatic carbocycles. The molecule has 1 aromatic heterocycles. The van der Waals surface area contributed by atoms with Crippen molar-refractivity contribution in [3.63, 3.8) is 0 Å². The monoisotopic (exact) mass is 523 g/mol. The highest BCUT2D eigenvalue weighted by molar-refractivity contribution is 7.85. The average molecular weight is 523 g/mol. The van der Waals surface area contributed by atoms with Gasteiger partial charge in [-0.05, 0) is 25.8 Å². The maximum Gasteiger partial charge on any atom is 0.309 e. The number of thiophene rings is 1. The van der Waals surface area contributed by atoms with E-state index in [2.05, 4.69) is 17.6 Å². The summed E-state index contributed by atoms with van der Waals surface area (Å²) >= 11 is 1.64. The van der Waals surface area contributed by atoms with Gasteiger partial charge in [0.05, 0.1) is 16.7 Å². The molecule has 0 spiro atoms. The maximum atomic E-state index is 11.1. The zero-order valence-corrected chi connectivity index (χ0v) is 18.9. The number of fused-ring (bicyclic) bond motifs is 3. The SMILES string of the molecule is CC1=[N+](CCC(=O)O)c2sc3ccccc3c2C1(C)CCCS(=O)(=O)O.[I-]. The summed E-state index contributed by atoms with van der Waals surface area (Å²) < 4.78 is 34.5. The van der Waals surface area contributed by atoms with Crippen molar-refractivity contribution in [2.45, 2.75) is 38.5 Å². The van der Waals surface area contributed by atoms with Crippen molar-refractivity contribution in [3.05, 3.63) is 29.8 Å². The Bertz CT molecular complexity index is 1010. The summed E-state index contributed by atoms with van der Waals surface area (Å²) in [6.07, 6.45) is 0.936. The molecule has 0 radical (unpaired) electrons. The first-order chi connectivity index (χ1) is 12.1. The number of benzene rings is 1. The molecule has 27 heavy (non-hydrogen) atoms. The molecule has 9 heteroatoms. The van der Waals surface area contributed by atoms with Crippen LogP contribution in [0.4, 0.5) is 5.00 Å². The van der Waals surface area contributed by atoms with Gasteiger partial charge in [0.25, 0.3) is 15.1 Å². The first-order valence-corrected chi connectivity index (χ1v) is 10.9. The van der Waals surface area contributed by atoms with E-state index in [9.17, 15) is 13.2 Å². The third-order valence-corrected chi connectivity index (χ3v) is 7.20. The van der Waals surface area contributed by atoms with Gasteiger partial charge in [-0.15, -0.1) is 0 Å². The lowest BCUT2D eigenvalue weighted by molar-refractivity contribution is -0.434. The van der Waals surface area contributed by atoms with Crippen molar-refractivity contribution >= 4 is 48.2 Å². The third kappa shape index (κ3) is 4.36. The highest BCUT2D eigenvalue weighted by Crippen LogP contribution is 2.51. The molecule has 1 aliphatic rings. The highest BCUT2D eigenvalue weighted by atomic mass is 127. The zero-order valence-electron chi connectivity index (χ0n) is 15.1. The van der Waals surface area contributed by atoms with Crippen LogP contribution in [0.5, 0.6) is 0 Å². The van der Waals surface area contributed by atoms with Crippen molar-refractivity contribution in [2.24, 2.45) is 0 Å². The third-order valence-electron chi connectivity index (χ3n) is 5.21. The standard InChI is InChI=1S/C18H21NO5S2.HI/c1-12-18(2,9-5-11-26(22,23)24)16-13-6-3-4-7-14(13)25-17(16)19(12)10-8-15(20)21;/h3-4,6-7H,5,8-11H2,1-2H3,(H-,20,21,22,23,24);1H. The Labute approximate surface area is 179 Å². The van der Waals surface area contributed by atoms with E-state index in [-0.39, 0.29) is 36.2 Å². The van der Waals surface area contributed by atoms with Crippen LogP contribution in [0.25, 0.3) is 10.1 Å². The van der Waals surface area contributed by atoms with E-state index in [0.29, 0.717) is 19.4 Å². The summed E-state index contributed by atoms with van der Waals surface area (Å²) in [6, 6.07) is 8.05. The second-order valence-electron chi connectivity index (χ2n) is 6.88. The molecule has 1 unspecified atom stereocenters. The summed E-state index contributed by atoms with van der Waals surface area (Å²) in [5.41, 5.74) is 1.77. The topological polar surface area (TPSA) is 94.7 Å². The molecule has 0 aliphatic carbocycles. The first kappa shape index (κ1) is 22.3. The molecule has 0 saturated heterocycles. The van der Waals surface area contributed by atoms with Crippen LogP contribution in [-0.4, -0.2) is 46.6 Å². The number of nitrogens with zero attached hydrogens (tertiary/aromatic N) is 1. The summed E-state index contributed by atoms with van der Waals surface area (Å²) in [7, 11) is -4.00. The number of hydrogen-bond donors (Lipinski definition) is 2. The molecule has 2 N–H and O–H groups in total. The largest absolute Gasteiger partial charge is 1.00 e. The van der Waals surface area contributed by atoms with Crippen molar-refractivity contribution in [2.75, 3.05) is 12.3 Å². The zero-order chi connectivity index (χ0) is 19.1. The lowest BCUT2D eigenvalue weighted by atomic mass is 9.76. The summed E-state index contributed by atoms with van der Waals surface area (Å²) in [5.74, 6) is -1.12. The molecule has 0 saturated carbocycles. The molecule has 0 bridgehead atoms. The van der Waals surface area contributed by atoms with Crippen LogP contribution in [-0.2, 0) is 20.3 Å². The van der Waals surface area contributed by atoms with Crippen molar-refractivity contribution < 1.29 is 51.4 Å². The van der Waals surface area contributed by atoms with Crippen LogP contribution in [0.2, 0.25) is 0 Å². The van der Waals surface area contributed by atoms with Gasteiger partial charge < -0.3 is 29.1 Å². The second-order valence-corrected chi connectivity index (χ2v) is 9.48. The second kappa shape index (κ2) is 8.14. The molecule has 6 nitrogen and oxygen atoms in total. The maximum absolute atomic E-state index is 11.1. The molecule has 0 amide bonds. The number of hydrogen-bond acceptors (Lipinski definition) is 4. The molecule has 3 rings (SSSR count). The van der Waals surface area contributed by atoms with Gasteiger partial charge in [0.2, 0.25) is 0 Å². The average Bonchev–Trinajstić information content (AvgIpc) is 3.00. The van der Waals surface area contributed by atoms with Crippen LogP contribution in [0.15, 0.2) is 24.3 Å². The molecule has 0 fully saturated rings. The van der Waals surface area contributed by atoms with Crippen molar-refractivity contribution in [1.82, 2.24) is 0 Å². The number of carboxylic acid groups (broad SMARTS) is 1. The molecule has 2 heterocycles. The Hall–Kier alpha value is -1.04. The van der Waals surface area contributed by atoms with Gasteiger partial charge >= 0.3 is 5.97 Å². The van der Waals surface area contributed by atoms with E-state index >= 15 is 0 Å². The Morgan fingerprint density at radius 3 is 2.59 bits per heavy atom.